The van der Waals surface area contributed by atoms with Crippen molar-refractivity contribution in [1.82, 2.24) is 4.98 Å². The van der Waals surface area contributed by atoms with Gasteiger partial charge in [0.25, 0.3) is 0 Å². The first kappa shape index (κ1) is 10.0. The normalized spacial score (nSPS) is 12.0. The van der Waals surface area contributed by atoms with Gasteiger partial charge in [-0.25, -0.2) is 0 Å². The first-order chi connectivity index (χ1) is 6.98. The van der Waals surface area contributed by atoms with E-state index in [9.17, 15) is 12.9 Å². The molecule has 5 heteroatoms. The van der Waals surface area contributed by atoms with Gasteiger partial charge in [0.15, 0.2) is 0 Å². The Morgan fingerprint density at radius 1 is 1.13 bits per heavy atom. The summed E-state index contributed by atoms with van der Waals surface area (Å²) in [6.45, 7) is -3.15. The quantitative estimate of drug-likeness (QED) is 0.659. The van der Waals surface area contributed by atoms with E-state index in [1.807, 2.05) is 0 Å². The van der Waals surface area contributed by atoms with Gasteiger partial charge in [0, 0.05) is 11.6 Å². The second-order valence-corrected chi connectivity index (χ2v) is 3.48. The first-order valence-electron chi connectivity index (χ1n) is 4.54. The monoisotopic (exact) mass is 210 g/mol. The fourth-order valence-electron chi connectivity index (χ4n) is 1.50. The zero-order valence-corrected chi connectivity index (χ0v) is 8.05. The van der Waals surface area contributed by atoms with Gasteiger partial charge in [-0.2, -0.15) is 0 Å². The molecule has 1 aromatic heterocycles. The Hall–Kier alpha value is -1.52. The summed E-state index contributed by atoms with van der Waals surface area (Å²) in [6, 6.07) is 5.36. The lowest BCUT2D eigenvalue weighted by atomic mass is 9.79. The lowest BCUT2D eigenvalue weighted by molar-refractivity contribution is 0.501. The van der Waals surface area contributed by atoms with E-state index in [-0.39, 0.29) is 0 Å². The van der Waals surface area contributed by atoms with Crippen molar-refractivity contribution < 1.29 is 12.9 Å². The van der Waals surface area contributed by atoms with Crippen LogP contribution in [-0.4, -0.2) is 12.0 Å². The summed E-state index contributed by atoms with van der Waals surface area (Å²) < 4.78 is 37.5. The fourth-order valence-corrected chi connectivity index (χ4v) is 1.50. The van der Waals surface area contributed by atoms with Crippen LogP contribution in [0.5, 0.6) is 0 Å². The fraction of sp³-hybridized carbons (Fsp3) is 0.100. The van der Waals surface area contributed by atoms with Crippen LogP contribution in [0.25, 0.3) is 10.9 Å². The Bertz CT molecular complexity index is 507. The standard InChI is InChI=1S/C10H8BF3N/c1-7-4-5-15-10-3-2-8(6-9(7)10)11(12,13)14/h2-6H,1H3/q-1. The number of pyridine rings is 1. The Morgan fingerprint density at radius 3 is 2.53 bits per heavy atom. The summed E-state index contributed by atoms with van der Waals surface area (Å²) in [4.78, 5) is 4.00. The third-order valence-corrected chi connectivity index (χ3v) is 2.36. The molecule has 0 spiro atoms. The molecule has 0 saturated carbocycles. The predicted molar refractivity (Wildman–Crippen MR) is 55.2 cm³/mol. The van der Waals surface area contributed by atoms with Gasteiger partial charge in [0.1, 0.15) is 0 Å². The molecule has 2 rings (SSSR count). The van der Waals surface area contributed by atoms with Gasteiger partial charge in [-0.1, -0.05) is 12.1 Å². The van der Waals surface area contributed by atoms with Crippen molar-refractivity contribution >= 4 is 23.3 Å². The second kappa shape index (κ2) is 3.26. The minimum atomic E-state index is -4.93. The van der Waals surface area contributed by atoms with Gasteiger partial charge in [-0.3, -0.25) is 4.98 Å². The molecule has 0 aliphatic heterocycles. The maximum Gasteiger partial charge on any atom is 0.509 e. The van der Waals surface area contributed by atoms with Crippen molar-refractivity contribution in [2.75, 3.05) is 0 Å². The first-order valence-corrected chi connectivity index (χ1v) is 4.54. The molecule has 0 unspecified atom stereocenters. The van der Waals surface area contributed by atoms with Gasteiger partial charge >= 0.3 is 6.98 Å². The van der Waals surface area contributed by atoms with Crippen molar-refractivity contribution in [3.05, 3.63) is 36.0 Å². The van der Waals surface area contributed by atoms with Crippen LogP contribution in [0.15, 0.2) is 30.5 Å². The molecule has 0 saturated heterocycles. The van der Waals surface area contributed by atoms with Crippen LogP contribution in [0.2, 0.25) is 0 Å². The van der Waals surface area contributed by atoms with Crippen LogP contribution in [0.3, 0.4) is 0 Å². The summed E-state index contributed by atoms with van der Waals surface area (Å²) >= 11 is 0. The topological polar surface area (TPSA) is 12.9 Å². The molecule has 1 aromatic carbocycles. The minimum Gasteiger partial charge on any atom is -0.445 e. The highest BCUT2D eigenvalue weighted by atomic mass is 19.4. The van der Waals surface area contributed by atoms with Gasteiger partial charge in [0.05, 0.1) is 5.52 Å². The van der Waals surface area contributed by atoms with Crippen molar-refractivity contribution in [1.29, 1.82) is 0 Å². The third-order valence-electron chi connectivity index (χ3n) is 2.36. The number of fused-ring (bicyclic) bond motifs is 1. The van der Waals surface area contributed by atoms with Crippen molar-refractivity contribution in [2.45, 2.75) is 6.92 Å². The van der Waals surface area contributed by atoms with Crippen LogP contribution in [0.4, 0.5) is 12.9 Å². The molecule has 1 nitrogen and oxygen atoms in total. The van der Waals surface area contributed by atoms with Crippen molar-refractivity contribution in [3.8, 4) is 0 Å². The molecule has 0 aliphatic carbocycles. The average Bonchev–Trinajstić information content (AvgIpc) is 2.16. The number of aromatic nitrogens is 1. The highest BCUT2D eigenvalue weighted by Crippen LogP contribution is 2.17. The Balaban J connectivity index is 2.70. The minimum absolute atomic E-state index is 0.564. The largest absolute Gasteiger partial charge is 0.509 e. The van der Waals surface area contributed by atoms with Crippen LogP contribution in [0, 0.1) is 6.92 Å². The summed E-state index contributed by atoms with van der Waals surface area (Å²) in [5.74, 6) is 0. The third kappa shape index (κ3) is 1.82. The van der Waals surface area contributed by atoms with E-state index < -0.39 is 12.4 Å². The molecule has 78 valence electrons. The lowest BCUT2D eigenvalue weighted by Crippen LogP contribution is -2.33. The second-order valence-electron chi connectivity index (χ2n) is 3.48. The maximum absolute atomic E-state index is 12.5. The van der Waals surface area contributed by atoms with E-state index in [4.69, 9.17) is 0 Å². The zero-order valence-electron chi connectivity index (χ0n) is 8.05. The van der Waals surface area contributed by atoms with Gasteiger partial charge in [-0.15, -0.1) is 5.46 Å². The molecular formula is C10H8BF3N-. The number of hydrogen-bond donors (Lipinski definition) is 0. The van der Waals surface area contributed by atoms with Gasteiger partial charge in [0.2, 0.25) is 0 Å². The number of hydrogen-bond acceptors (Lipinski definition) is 1. The molecule has 0 radical (unpaired) electrons. The number of nitrogens with zero attached hydrogens (tertiary/aromatic N) is 1. The van der Waals surface area contributed by atoms with Gasteiger partial charge < -0.3 is 12.9 Å². The summed E-state index contributed by atoms with van der Waals surface area (Å²) in [5.41, 5.74) is 0.833. The molecule has 0 amide bonds. The average molecular weight is 210 g/mol. The van der Waals surface area contributed by atoms with E-state index in [1.54, 1.807) is 19.2 Å². The molecule has 0 aliphatic rings. The van der Waals surface area contributed by atoms with Crippen LogP contribution in [0.1, 0.15) is 5.56 Å². The van der Waals surface area contributed by atoms with E-state index >= 15 is 0 Å². The van der Waals surface area contributed by atoms with Crippen LogP contribution in [-0.2, 0) is 0 Å². The van der Waals surface area contributed by atoms with E-state index in [0.29, 0.717) is 10.9 Å². The maximum atomic E-state index is 12.5. The SMILES string of the molecule is Cc1ccnc2ccc([B-](F)(F)F)cc12. The molecule has 0 N–H and O–H groups in total. The van der Waals surface area contributed by atoms with Crippen LogP contribution < -0.4 is 5.46 Å². The number of aryl methyl sites for hydroxylation is 1. The van der Waals surface area contributed by atoms with E-state index in [1.165, 1.54) is 6.07 Å². The molecule has 0 fully saturated rings. The van der Waals surface area contributed by atoms with Crippen LogP contribution >= 0.6 is 0 Å². The highest BCUT2D eigenvalue weighted by molar-refractivity contribution is 6.73. The lowest BCUT2D eigenvalue weighted by Gasteiger charge is -2.15. The predicted octanol–water partition coefficient (Wildman–Crippen LogP) is 2.60. The Labute approximate surface area is 85.0 Å². The molecule has 1 heterocycles. The zero-order chi connectivity index (χ0) is 11.1. The van der Waals surface area contributed by atoms with Gasteiger partial charge in [-0.05, 0) is 24.6 Å². The molecule has 15 heavy (non-hydrogen) atoms. The molecule has 2 aromatic rings. The number of rotatable bonds is 1. The summed E-state index contributed by atoms with van der Waals surface area (Å²) in [5, 5.41) is 0.564. The Kier molecular flexibility index (Phi) is 2.18. The number of benzene rings is 1. The molecule has 0 bridgehead atoms. The molecular weight excluding hydrogens is 202 g/mol. The Morgan fingerprint density at radius 2 is 1.87 bits per heavy atom. The highest BCUT2D eigenvalue weighted by Gasteiger charge is 2.25. The van der Waals surface area contributed by atoms with E-state index in [2.05, 4.69) is 4.98 Å². The van der Waals surface area contributed by atoms with Crippen molar-refractivity contribution in [3.63, 3.8) is 0 Å². The summed E-state index contributed by atoms with van der Waals surface area (Å²) in [6.07, 6.45) is 1.59. The summed E-state index contributed by atoms with van der Waals surface area (Å²) in [7, 11) is 0. The van der Waals surface area contributed by atoms with Crippen molar-refractivity contribution in [2.24, 2.45) is 0 Å². The molecule has 0 atom stereocenters. The number of halogens is 3. The smallest absolute Gasteiger partial charge is 0.445 e. The van der Waals surface area contributed by atoms with E-state index in [0.717, 1.165) is 17.7 Å².